The summed E-state index contributed by atoms with van der Waals surface area (Å²) in [4.78, 5) is 58.0. The SMILES string of the molecule is CN1CCN(C(O[C@H]2CC[C@H](C(=O)O)CC2)(C(=O)Cc2cc(Cl)c(NC(=O)c3coc4ccccc34)cc2Cl)N2CCCC2)CC1=O. The molecule has 1 aliphatic carbocycles. The number of ether oxygens (including phenoxy) is 1. The minimum atomic E-state index is -1.54. The average molecular weight is 686 g/mol. The fourth-order valence-electron chi connectivity index (χ4n) is 6.92. The number of amides is 2. The van der Waals surface area contributed by atoms with Gasteiger partial charge in [0, 0.05) is 50.1 Å². The summed E-state index contributed by atoms with van der Waals surface area (Å²) >= 11 is 13.4. The molecule has 3 aromatic rings. The number of aliphatic carboxylic acids is 1. The summed E-state index contributed by atoms with van der Waals surface area (Å²) in [6, 6.07) is 10.3. The van der Waals surface area contributed by atoms with E-state index in [1.165, 1.54) is 12.3 Å². The minimum Gasteiger partial charge on any atom is -0.481 e. The number of benzene rings is 2. The molecule has 47 heavy (non-hydrogen) atoms. The number of nitrogens with one attached hydrogen (secondary N) is 1. The fourth-order valence-corrected chi connectivity index (χ4v) is 7.38. The fraction of sp³-hybridized carbons (Fsp3) is 0.471. The minimum absolute atomic E-state index is 0.00532. The van der Waals surface area contributed by atoms with Crippen LogP contribution < -0.4 is 5.32 Å². The molecule has 2 aliphatic heterocycles. The standard InChI is InChI=1S/C34H38Cl2N4O7/c1-38-14-15-40(19-31(38)42)34(39-12-4-5-13-39,47-23-10-8-21(9-11-23)33(44)45)30(41)17-22-16-27(36)28(18-26(22)35)37-32(43)25-20-46-29-7-3-2-6-24(25)29/h2-3,6-7,16,18,20-21,23H,4-5,8-15,17,19H2,1H3,(H,37,43)(H,44,45)/t21-,23-,34?. The Labute approximate surface area is 282 Å². The van der Waals surface area contributed by atoms with Gasteiger partial charge in [0.15, 0.2) is 5.78 Å². The van der Waals surface area contributed by atoms with Crippen molar-refractivity contribution in [3.63, 3.8) is 0 Å². The van der Waals surface area contributed by atoms with Crippen molar-refractivity contribution in [3.05, 3.63) is 63.8 Å². The summed E-state index contributed by atoms with van der Waals surface area (Å²) in [6.45, 7) is 2.09. The van der Waals surface area contributed by atoms with E-state index < -0.39 is 23.6 Å². The van der Waals surface area contributed by atoms with Crippen molar-refractivity contribution in [1.29, 1.82) is 0 Å². The Hall–Kier alpha value is -3.48. The number of carbonyl (C=O) groups excluding carboxylic acids is 3. The van der Waals surface area contributed by atoms with Crippen LogP contribution >= 0.6 is 23.2 Å². The molecule has 1 saturated carbocycles. The summed E-state index contributed by atoms with van der Waals surface area (Å²) in [5, 5.41) is 13.4. The molecule has 2 amide bonds. The molecular formula is C34H38Cl2N4O7. The zero-order valence-corrected chi connectivity index (χ0v) is 27.7. The average Bonchev–Trinajstić information content (AvgIpc) is 3.75. The van der Waals surface area contributed by atoms with Crippen molar-refractivity contribution in [2.24, 2.45) is 5.92 Å². The van der Waals surface area contributed by atoms with Crippen LogP contribution in [0.3, 0.4) is 0 Å². The molecule has 1 aromatic heterocycles. The molecule has 0 spiro atoms. The van der Waals surface area contributed by atoms with Gasteiger partial charge in [-0.25, -0.2) is 4.90 Å². The number of fused-ring (bicyclic) bond motifs is 1. The molecule has 3 heterocycles. The molecule has 2 saturated heterocycles. The van der Waals surface area contributed by atoms with Crippen LogP contribution in [0.5, 0.6) is 0 Å². The zero-order chi connectivity index (χ0) is 33.3. The van der Waals surface area contributed by atoms with E-state index in [-0.39, 0.29) is 46.5 Å². The normalized spacial score (nSPS) is 22.4. The molecule has 0 bridgehead atoms. The second kappa shape index (κ2) is 13.9. The van der Waals surface area contributed by atoms with Crippen molar-refractivity contribution in [1.82, 2.24) is 14.7 Å². The van der Waals surface area contributed by atoms with Crippen LogP contribution in [0.1, 0.15) is 54.4 Å². The number of hydrogen-bond donors (Lipinski definition) is 2. The lowest BCUT2D eigenvalue weighted by Gasteiger charge is -2.51. The van der Waals surface area contributed by atoms with Crippen molar-refractivity contribution in [3.8, 4) is 0 Å². The van der Waals surface area contributed by atoms with E-state index in [0.29, 0.717) is 74.0 Å². The predicted molar refractivity (Wildman–Crippen MR) is 177 cm³/mol. The number of Topliss-reactive ketones (excluding diaryl/α,β-unsaturated/α-hetero) is 1. The Morgan fingerprint density at radius 2 is 1.72 bits per heavy atom. The lowest BCUT2D eigenvalue weighted by atomic mass is 9.87. The third-order valence-electron chi connectivity index (χ3n) is 9.60. The number of carboxylic acid groups (broad SMARTS) is 1. The molecule has 2 aromatic carbocycles. The Bertz CT molecular complexity index is 1680. The number of carboxylic acids is 1. The van der Waals surface area contributed by atoms with Gasteiger partial charge < -0.3 is 24.5 Å². The summed E-state index contributed by atoms with van der Waals surface area (Å²) in [5.41, 5.74) is 1.66. The Morgan fingerprint density at radius 3 is 2.43 bits per heavy atom. The highest BCUT2D eigenvalue weighted by atomic mass is 35.5. The number of piperazine rings is 1. The first-order chi connectivity index (χ1) is 22.6. The molecule has 13 heteroatoms. The number of rotatable bonds is 10. The maximum Gasteiger partial charge on any atom is 0.306 e. The molecule has 1 unspecified atom stereocenters. The number of para-hydroxylation sites is 1. The Balaban J connectivity index is 1.28. The summed E-state index contributed by atoms with van der Waals surface area (Å²) in [7, 11) is 1.74. The van der Waals surface area contributed by atoms with Crippen LogP contribution in [0.25, 0.3) is 11.0 Å². The van der Waals surface area contributed by atoms with E-state index >= 15 is 0 Å². The van der Waals surface area contributed by atoms with E-state index in [9.17, 15) is 24.3 Å². The highest BCUT2D eigenvalue weighted by Gasteiger charge is 2.54. The maximum atomic E-state index is 14.8. The van der Waals surface area contributed by atoms with Gasteiger partial charge >= 0.3 is 5.97 Å². The van der Waals surface area contributed by atoms with Gasteiger partial charge in [-0.05, 0) is 62.3 Å². The first kappa shape index (κ1) is 33.4. The number of nitrogens with zero attached hydrogens (tertiary/aromatic N) is 3. The summed E-state index contributed by atoms with van der Waals surface area (Å²) in [5.74, 6) is -3.62. The Morgan fingerprint density at radius 1 is 1.00 bits per heavy atom. The molecule has 3 fully saturated rings. The number of anilines is 1. The smallest absolute Gasteiger partial charge is 0.306 e. The van der Waals surface area contributed by atoms with Crippen LogP contribution in [-0.2, 0) is 25.5 Å². The third kappa shape index (κ3) is 6.77. The van der Waals surface area contributed by atoms with Crippen LogP contribution in [0, 0.1) is 5.92 Å². The van der Waals surface area contributed by atoms with Crippen molar-refractivity contribution in [2.45, 2.75) is 56.9 Å². The van der Waals surface area contributed by atoms with Gasteiger partial charge in [-0.15, -0.1) is 0 Å². The summed E-state index contributed by atoms with van der Waals surface area (Å²) in [6.07, 6.45) is 4.53. The van der Waals surface area contributed by atoms with Crippen LogP contribution in [0.4, 0.5) is 5.69 Å². The van der Waals surface area contributed by atoms with Crippen molar-refractivity contribution >= 4 is 63.4 Å². The lowest BCUT2D eigenvalue weighted by molar-refractivity contribution is -0.258. The largest absolute Gasteiger partial charge is 0.481 e. The lowest BCUT2D eigenvalue weighted by Crippen LogP contribution is -2.71. The first-order valence-corrected chi connectivity index (χ1v) is 16.8. The number of ketones is 1. The van der Waals surface area contributed by atoms with Crippen molar-refractivity contribution in [2.75, 3.05) is 45.1 Å². The number of furan rings is 1. The second-order valence-electron chi connectivity index (χ2n) is 12.6. The molecule has 11 nitrogen and oxygen atoms in total. The van der Waals surface area contributed by atoms with Gasteiger partial charge in [0.25, 0.3) is 5.91 Å². The molecule has 2 N–H and O–H groups in total. The van der Waals surface area contributed by atoms with E-state index in [1.54, 1.807) is 30.1 Å². The van der Waals surface area contributed by atoms with Crippen LogP contribution in [0.2, 0.25) is 10.0 Å². The first-order valence-electron chi connectivity index (χ1n) is 16.0. The van der Waals surface area contributed by atoms with Crippen LogP contribution in [0.15, 0.2) is 47.1 Å². The molecule has 1 atom stereocenters. The van der Waals surface area contributed by atoms with Gasteiger partial charge in [0.2, 0.25) is 11.8 Å². The quantitative estimate of drug-likeness (QED) is 0.292. The monoisotopic (exact) mass is 684 g/mol. The number of likely N-dealkylation sites (tertiary alicyclic amines) is 1. The van der Waals surface area contributed by atoms with Gasteiger partial charge in [-0.3, -0.25) is 24.1 Å². The number of likely N-dealkylation sites (N-methyl/N-ethyl adjacent to an activating group) is 1. The second-order valence-corrected chi connectivity index (χ2v) is 13.4. The van der Waals surface area contributed by atoms with E-state index in [4.69, 9.17) is 32.4 Å². The van der Waals surface area contributed by atoms with E-state index in [0.717, 1.165) is 12.8 Å². The summed E-state index contributed by atoms with van der Waals surface area (Å²) < 4.78 is 12.4. The molecule has 0 radical (unpaired) electrons. The third-order valence-corrected chi connectivity index (χ3v) is 10.3. The number of hydrogen-bond acceptors (Lipinski definition) is 8. The highest BCUT2D eigenvalue weighted by Crippen LogP contribution is 2.38. The van der Waals surface area contributed by atoms with Gasteiger partial charge in [-0.1, -0.05) is 41.4 Å². The van der Waals surface area contributed by atoms with Crippen molar-refractivity contribution < 1.29 is 33.4 Å². The van der Waals surface area contributed by atoms with Gasteiger partial charge in [-0.2, -0.15) is 0 Å². The molecule has 250 valence electrons. The molecule has 6 rings (SSSR count). The molecule has 3 aliphatic rings. The van der Waals surface area contributed by atoms with Gasteiger partial charge in [0.05, 0.1) is 34.8 Å². The van der Waals surface area contributed by atoms with Gasteiger partial charge in [0.1, 0.15) is 11.8 Å². The van der Waals surface area contributed by atoms with E-state index in [1.807, 2.05) is 21.9 Å². The zero-order valence-electron chi connectivity index (χ0n) is 26.2. The van der Waals surface area contributed by atoms with Crippen LogP contribution in [-0.4, -0.2) is 95.1 Å². The topological polar surface area (TPSA) is 133 Å². The van der Waals surface area contributed by atoms with E-state index in [2.05, 4.69) is 5.32 Å². The number of halogens is 2. The Kier molecular flexibility index (Phi) is 9.91. The maximum absolute atomic E-state index is 14.8. The highest BCUT2D eigenvalue weighted by molar-refractivity contribution is 6.36. The predicted octanol–water partition coefficient (Wildman–Crippen LogP) is 5.29. The molecular weight excluding hydrogens is 647 g/mol. The number of carbonyl (C=O) groups is 4.